The van der Waals surface area contributed by atoms with Crippen LogP contribution in [0.25, 0.3) is 10.6 Å². The zero-order valence-corrected chi connectivity index (χ0v) is 15.4. The Labute approximate surface area is 156 Å². The van der Waals surface area contributed by atoms with Gasteiger partial charge in [-0.3, -0.25) is 4.79 Å². The summed E-state index contributed by atoms with van der Waals surface area (Å²) in [5, 5.41) is 6.05. The number of hydrogen-bond donors (Lipinski definition) is 2. The molecule has 1 aromatic carbocycles. The van der Waals surface area contributed by atoms with E-state index >= 15 is 0 Å². The van der Waals surface area contributed by atoms with Gasteiger partial charge < -0.3 is 11.1 Å². The second-order valence-corrected chi connectivity index (χ2v) is 6.55. The van der Waals surface area contributed by atoms with Crippen LogP contribution in [0.15, 0.2) is 29.6 Å². The molecule has 8 heteroatoms. The Balaban J connectivity index is 0.00000132. The highest BCUT2D eigenvalue weighted by atomic mass is 35.5. The lowest BCUT2D eigenvalue weighted by molar-refractivity contribution is 0.0946. The van der Waals surface area contributed by atoms with Gasteiger partial charge in [0, 0.05) is 28.6 Å². The molecule has 1 saturated carbocycles. The van der Waals surface area contributed by atoms with Crippen molar-refractivity contribution in [2.45, 2.75) is 18.9 Å². The molecule has 1 aliphatic rings. The van der Waals surface area contributed by atoms with Crippen LogP contribution in [-0.4, -0.2) is 23.5 Å². The van der Waals surface area contributed by atoms with Gasteiger partial charge in [-0.2, -0.15) is 0 Å². The van der Waals surface area contributed by atoms with E-state index in [9.17, 15) is 4.79 Å². The molecule has 0 aliphatic heterocycles. The van der Waals surface area contributed by atoms with Gasteiger partial charge in [-0.1, -0.05) is 23.7 Å². The number of amides is 1. The van der Waals surface area contributed by atoms with Gasteiger partial charge in [0.1, 0.15) is 10.7 Å². The van der Waals surface area contributed by atoms with E-state index in [2.05, 4.69) is 10.3 Å². The number of benzene rings is 1. The van der Waals surface area contributed by atoms with Crippen LogP contribution in [-0.2, 0) is 0 Å². The number of nitrogens with two attached hydrogens (primary N) is 1. The molecule has 3 rings (SSSR count). The first kappa shape index (κ1) is 20.2. The van der Waals surface area contributed by atoms with E-state index in [1.54, 1.807) is 5.38 Å². The molecule has 0 spiro atoms. The van der Waals surface area contributed by atoms with E-state index in [1.165, 1.54) is 24.2 Å². The lowest BCUT2D eigenvalue weighted by Gasteiger charge is -2.10. The highest BCUT2D eigenvalue weighted by molar-refractivity contribution is 7.13. The molecule has 1 amide bonds. The Bertz CT molecular complexity index is 661. The fourth-order valence-electron chi connectivity index (χ4n) is 2.12. The predicted octanol–water partition coefficient (Wildman–Crippen LogP) is 3.77. The highest BCUT2D eigenvalue weighted by Crippen LogP contribution is 2.31. The van der Waals surface area contributed by atoms with Crippen LogP contribution in [0.3, 0.4) is 0 Å². The van der Waals surface area contributed by atoms with Gasteiger partial charge in [0.25, 0.3) is 5.91 Å². The Morgan fingerprint density at radius 1 is 1.43 bits per heavy atom. The Morgan fingerprint density at radius 2 is 2.17 bits per heavy atom. The zero-order valence-electron chi connectivity index (χ0n) is 12.2. The lowest BCUT2D eigenvalue weighted by atomic mass is 10.2. The first-order valence-corrected chi connectivity index (χ1v) is 8.14. The molecule has 1 aromatic heterocycles. The normalized spacial score (nSPS) is 14.3. The molecule has 3 N–H and O–H groups in total. The average Bonchev–Trinajstić information content (AvgIpc) is 3.21. The van der Waals surface area contributed by atoms with E-state index in [0.29, 0.717) is 23.2 Å². The topological polar surface area (TPSA) is 68.0 Å². The van der Waals surface area contributed by atoms with Crippen molar-refractivity contribution < 1.29 is 4.79 Å². The molecule has 1 heterocycles. The minimum absolute atomic E-state index is 0. The zero-order chi connectivity index (χ0) is 14.8. The summed E-state index contributed by atoms with van der Waals surface area (Å²) in [4.78, 5) is 16.4. The van der Waals surface area contributed by atoms with Crippen molar-refractivity contribution in [3.8, 4) is 10.6 Å². The van der Waals surface area contributed by atoms with Gasteiger partial charge in [-0.05, 0) is 30.9 Å². The van der Waals surface area contributed by atoms with Crippen LogP contribution in [0.5, 0.6) is 0 Å². The third-order valence-corrected chi connectivity index (χ3v) is 4.66. The molecule has 126 valence electrons. The van der Waals surface area contributed by atoms with Gasteiger partial charge >= 0.3 is 0 Å². The van der Waals surface area contributed by atoms with Gasteiger partial charge in [0.15, 0.2) is 0 Å². The molecular formula is C15H18Cl3N3OS. The van der Waals surface area contributed by atoms with Crippen LogP contribution in [0, 0.1) is 5.92 Å². The summed E-state index contributed by atoms with van der Waals surface area (Å²) < 4.78 is 0. The summed E-state index contributed by atoms with van der Waals surface area (Å²) in [7, 11) is 0. The van der Waals surface area contributed by atoms with Crippen LogP contribution < -0.4 is 11.1 Å². The minimum Gasteiger partial charge on any atom is -0.349 e. The first-order chi connectivity index (χ1) is 10.1. The molecule has 0 saturated heterocycles. The minimum atomic E-state index is -0.171. The first-order valence-electron chi connectivity index (χ1n) is 6.89. The number of hydrogen-bond acceptors (Lipinski definition) is 4. The molecule has 4 nitrogen and oxygen atoms in total. The standard InChI is InChI=1S/C15H16ClN3OS.2ClH/c16-11-3-1-2-10(6-11)15-19-13(8-21-15)14(20)18-7-12(17)9-4-5-9;;/h1-3,6,8-9,12H,4-5,7,17H2,(H,18,20);2*1H. The third kappa shape index (κ3) is 5.33. The highest BCUT2D eigenvalue weighted by Gasteiger charge is 2.28. The van der Waals surface area contributed by atoms with Gasteiger partial charge in [0.05, 0.1) is 0 Å². The summed E-state index contributed by atoms with van der Waals surface area (Å²) in [6.07, 6.45) is 2.35. The molecule has 0 bridgehead atoms. The quantitative estimate of drug-likeness (QED) is 0.811. The average molecular weight is 395 g/mol. The Morgan fingerprint density at radius 3 is 2.83 bits per heavy atom. The summed E-state index contributed by atoms with van der Waals surface area (Å²) >= 11 is 7.40. The number of halogens is 3. The molecule has 23 heavy (non-hydrogen) atoms. The molecule has 1 aliphatic carbocycles. The van der Waals surface area contributed by atoms with Crippen LogP contribution in [0.1, 0.15) is 23.3 Å². The maximum atomic E-state index is 12.1. The second-order valence-electron chi connectivity index (χ2n) is 5.26. The SMILES string of the molecule is Cl.Cl.NC(CNC(=O)c1csc(-c2cccc(Cl)c2)n1)C1CC1. The number of nitrogens with zero attached hydrogens (tertiary/aromatic N) is 1. The van der Waals surface area contributed by atoms with Crippen LogP contribution >= 0.6 is 47.8 Å². The van der Waals surface area contributed by atoms with Crippen molar-refractivity contribution in [3.05, 3.63) is 40.4 Å². The summed E-state index contributed by atoms with van der Waals surface area (Å²) in [5.41, 5.74) is 7.32. The second kappa shape index (κ2) is 8.85. The smallest absolute Gasteiger partial charge is 0.270 e. The van der Waals surface area contributed by atoms with Crippen molar-refractivity contribution >= 4 is 53.7 Å². The summed E-state index contributed by atoms with van der Waals surface area (Å²) in [6.45, 7) is 0.507. The predicted molar refractivity (Wildman–Crippen MR) is 100 cm³/mol. The van der Waals surface area contributed by atoms with Gasteiger partial charge in [-0.25, -0.2) is 4.98 Å². The van der Waals surface area contributed by atoms with Crippen molar-refractivity contribution in [2.75, 3.05) is 6.54 Å². The summed E-state index contributed by atoms with van der Waals surface area (Å²) in [6, 6.07) is 7.50. The van der Waals surface area contributed by atoms with Gasteiger partial charge in [-0.15, -0.1) is 36.2 Å². The van der Waals surface area contributed by atoms with E-state index in [1.807, 2.05) is 24.3 Å². The molecule has 1 atom stereocenters. The third-order valence-electron chi connectivity index (χ3n) is 3.53. The number of aromatic nitrogens is 1. The number of rotatable bonds is 5. The van der Waals surface area contributed by atoms with Crippen molar-refractivity contribution in [1.82, 2.24) is 10.3 Å². The monoisotopic (exact) mass is 393 g/mol. The molecule has 1 fully saturated rings. The van der Waals surface area contributed by atoms with E-state index in [-0.39, 0.29) is 36.8 Å². The molecule has 1 unspecified atom stereocenters. The Hall–Kier alpha value is -0.850. The van der Waals surface area contributed by atoms with Gasteiger partial charge in [0.2, 0.25) is 0 Å². The molecule has 0 radical (unpaired) electrons. The van der Waals surface area contributed by atoms with Crippen molar-refractivity contribution in [3.63, 3.8) is 0 Å². The van der Waals surface area contributed by atoms with Crippen molar-refractivity contribution in [1.29, 1.82) is 0 Å². The number of nitrogens with one attached hydrogen (secondary N) is 1. The number of carbonyl (C=O) groups is 1. The van der Waals surface area contributed by atoms with Crippen molar-refractivity contribution in [2.24, 2.45) is 11.7 Å². The largest absolute Gasteiger partial charge is 0.349 e. The van der Waals surface area contributed by atoms with E-state index < -0.39 is 0 Å². The Kier molecular flexibility index (Phi) is 7.77. The van der Waals surface area contributed by atoms with E-state index in [0.717, 1.165) is 10.6 Å². The fourth-order valence-corrected chi connectivity index (χ4v) is 3.11. The van der Waals surface area contributed by atoms with Crippen LogP contribution in [0.2, 0.25) is 5.02 Å². The molecular weight excluding hydrogens is 377 g/mol. The maximum Gasteiger partial charge on any atom is 0.270 e. The van der Waals surface area contributed by atoms with E-state index in [4.69, 9.17) is 17.3 Å². The fraction of sp³-hybridized carbons (Fsp3) is 0.333. The number of thiazole rings is 1. The lowest BCUT2D eigenvalue weighted by Crippen LogP contribution is -2.38. The maximum absolute atomic E-state index is 12.1. The summed E-state index contributed by atoms with van der Waals surface area (Å²) in [5.74, 6) is 0.401. The number of carbonyl (C=O) groups excluding carboxylic acids is 1. The molecule has 2 aromatic rings. The van der Waals surface area contributed by atoms with Crippen LogP contribution in [0.4, 0.5) is 0 Å².